The predicted octanol–water partition coefficient (Wildman–Crippen LogP) is 4.94. The molecule has 98 valence electrons. The van der Waals surface area contributed by atoms with Crippen molar-refractivity contribution < 1.29 is 0 Å². The van der Waals surface area contributed by atoms with Gasteiger partial charge < -0.3 is 5.32 Å². The smallest absolute Gasteiger partial charge is 0.0517 e. The van der Waals surface area contributed by atoms with E-state index in [9.17, 15) is 0 Å². The minimum absolute atomic E-state index is 0.425. The highest BCUT2D eigenvalue weighted by molar-refractivity contribution is 5.83. The fourth-order valence-electron chi connectivity index (χ4n) is 3.11. The van der Waals surface area contributed by atoms with Crippen molar-refractivity contribution in [1.82, 2.24) is 0 Å². The zero-order chi connectivity index (χ0) is 13.4. The van der Waals surface area contributed by atoms with E-state index in [1.54, 1.807) is 0 Å². The van der Waals surface area contributed by atoms with Gasteiger partial charge in [-0.15, -0.1) is 0 Å². The highest BCUT2D eigenvalue weighted by atomic mass is 14.9. The second-order valence-corrected chi connectivity index (χ2v) is 5.50. The molecule has 0 amide bonds. The molecule has 0 saturated heterocycles. The monoisotopic (exact) mass is 259 g/mol. The number of anilines is 1. The predicted molar refractivity (Wildman–Crippen MR) is 85.1 cm³/mol. The van der Waals surface area contributed by atoms with Crippen molar-refractivity contribution in [3.63, 3.8) is 0 Å². The number of rotatable bonds is 1. The highest BCUT2D eigenvalue weighted by Crippen LogP contribution is 2.33. The maximum absolute atomic E-state index is 3.68. The lowest BCUT2D eigenvalue weighted by molar-refractivity contribution is 0.668. The molecule has 0 spiro atoms. The average Bonchev–Trinajstić information content (AvgIpc) is 2.54. The zero-order valence-electron chi connectivity index (χ0n) is 11.3. The summed E-state index contributed by atoms with van der Waals surface area (Å²) in [5, 5.41) is 6.32. The van der Waals surface area contributed by atoms with E-state index in [4.69, 9.17) is 0 Å². The molecule has 0 unspecified atom stereocenters. The van der Waals surface area contributed by atoms with Crippen LogP contribution in [0.25, 0.3) is 10.8 Å². The van der Waals surface area contributed by atoms with E-state index in [1.165, 1.54) is 27.6 Å². The molecule has 3 aromatic rings. The summed E-state index contributed by atoms with van der Waals surface area (Å²) in [6.45, 7) is 0. The van der Waals surface area contributed by atoms with E-state index in [0.717, 1.165) is 12.8 Å². The Morgan fingerprint density at radius 3 is 2.55 bits per heavy atom. The molecule has 1 N–H and O–H groups in total. The summed E-state index contributed by atoms with van der Waals surface area (Å²) in [5.74, 6) is 0. The molecule has 3 aromatic carbocycles. The van der Waals surface area contributed by atoms with Gasteiger partial charge in [0.15, 0.2) is 0 Å². The number of para-hydroxylation sites is 1. The third kappa shape index (κ3) is 1.96. The van der Waals surface area contributed by atoms with Crippen LogP contribution in [0.2, 0.25) is 0 Å². The molecular weight excluding hydrogens is 242 g/mol. The Bertz CT molecular complexity index is 760. The summed E-state index contributed by atoms with van der Waals surface area (Å²) >= 11 is 0. The molecule has 0 bridgehead atoms. The van der Waals surface area contributed by atoms with Crippen LogP contribution in [0.3, 0.4) is 0 Å². The van der Waals surface area contributed by atoms with Gasteiger partial charge in [0.05, 0.1) is 6.04 Å². The average molecular weight is 259 g/mol. The molecule has 1 atom stereocenters. The summed E-state index contributed by atoms with van der Waals surface area (Å²) in [5.41, 5.74) is 4.11. The standard InChI is InChI=1S/C19H17N/c1-2-7-16-13-17(10-9-14(16)5-1)19-12-11-15-6-3-4-8-18(15)20-19/h1-10,13,19-20H,11-12H2/t19-/m1/s1. The maximum atomic E-state index is 3.68. The van der Waals surface area contributed by atoms with E-state index < -0.39 is 0 Å². The van der Waals surface area contributed by atoms with Crippen LogP contribution in [-0.4, -0.2) is 0 Å². The van der Waals surface area contributed by atoms with Crippen LogP contribution < -0.4 is 5.32 Å². The number of benzene rings is 3. The first-order valence-electron chi connectivity index (χ1n) is 7.23. The van der Waals surface area contributed by atoms with Crippen LogP contribution >= 0.6 is 0 Å². The number of hydrogen-bond acceptors (Lipinski definition) is 1. The fraction of sp³-hybridized carbons (Fsp3) is 0.158. The van der Waals surface area contributed by atoms with Gasteiger partial charge in [-0.2, -0.15) is 0 Å². The molecule has 1 aliphatic heterocycles. The molecular formula is C19H17N. The third-order valence-corrected chi connectivity index (χ3v) is 4.23. The van der Waals surface area contributed by atoms with Crippen LogP contribution in [0.15, 0.2) is 66.7 Å². The first-order valence-corrected chi connectivity index (χ1v) is 7.23. The minimum atomic E-state index is 0.425. The zero-order valence-corrected chi connectivity index (χ0v) is 11.3. The number of hydrogen-bond donors (Lipinski definition) is 1. The third-order valence-electron chi connectivity index (χ3n) is 4.23. The lowest BCUT2D eigenvalue weighted by Gasteiger charge is -2.27. The van der Waals surface area contributed by atoms with Crippen molar-refractivity contribution in [2.24, 2.45) is 0 Å². The van der Waals surface area contributed by atoms with Gasteiger partial charge in [-0.1, -0.05) is 54.6 Å². The van der Waals surface area contributed by atoms with Crippen molar-refractivity contribution in [2.45, 2.75) is 18.9 Å². The van der Waals surface area contributed by atoms with Crippen molar-refractivity contribution in [2.75, 3.05) is 5.32 Å². The molecule has 1 nitrogen and oxygen atoms in total. The van der Waals surface area contributed by atoms with Crippen molar-refractivity contribution in [1.29, 1.82) is 0 Å². The van der Waals surface area contributed by atoms with Crippen LogP contribution in [0.1, 0.15) is 23.6 Å². The molecule has 0 radical (unpaired) electrons. The van der Waals surface area contributed by atoms with Gasteiger partial charge in [-0.05, 0) is 46.9 Å². The van der Waals surface area contributed by atoms with E-state index in [0.29, 0.717) is 6.04 Å². The van der Waals surface area contributed by atoms with E-state index in [-0.39, 0.29) is 0 Å². The molecule has 4 rings (SSSR count). The Morgan fingerprint density at radius 2 is 1.60 bits per heavy atom. The molecule has 0 fully saturated rings. The van der Waals surface area contributed by atoms with E-state index in [2.05, 4.69) is 72.0 Å². The Hall–Kier alpha value is -2.28. The molecule has 1 heterocycles. The molecule has 0 aliphatic carbocycles. The van der Waals surface area contributed by atoms with E-state index in [1.807, 2.05) is 0 Å². The first kappa shape index (κ1) is 11.5. The topological polar surface area (TPSA) is 12.0 Å². The number of fused-ring (bicyclic) bond motifs is 2. The summed E-state index contributed by atoms with van der Waals surface area (Å²) in [6, 6.07) is 24.4. The number of aryl methyl sites for hydroxylation is 1. The van der Waals surface area contributed by atoms with Crippen LogP contribution in [-0.2, 0) is 6.42 Å². The normalized spacial score (nSPS) is 17.5. The van der Waals surface area contributed by atoms with Crippen LogP contribution in [0.4, 0.5) is 5.69 Å². The molecule has 20 heavy (non-hydrogen) atoms. The Balaban J connectivity index is 1.70. The second-order valence-electron chi connectivity index (χ2n) is 5.50. The SMILES string of the molecule is c1ccc2c(c1)CC[C@H](c1ccc3ccccc3c1)N2. The Morgan fingerprint density at radius 1 is 0.800 bits per heavy atom. The largest absolute Gasteiger partial charge is 0.378 e. The van der Waals surface area contributed by atoms with Gasteiger partial charge in [0, 0.05) is 5.69 Å². The fourth-order valence-corrected chi connectivity index (χ4v) is 3.11. The van der Waals surface area contributed by atoms with E-state index >= 15 is 0 Å². The molecule has 1 heteroatoms. The maximum Gasteiger partial charge on any atom is 0.0517 e. The van der Waals surface area contributed by atoms with Crippen LogP contribution in [0, 0.1) is 0 Å². The van der Waals surface area contributed by atoms with Gasteiger partial charge in [0.25, 0.3) is 0 Å². The summed E-state index contributed by atoms with van der Waals surface area (Å²) in [6.07, 6.45) is 2.32. The van der Waals surface area contributed by atoms with Gasteiger partial charge in [-0.3, -0.25) is 0 Å². The van der Waals surface area contributed by atoms with Gasteiger partial charge in [-0.25, -0.2) is 0 Å². The summed E-state index contributed by atoms with van der Waals surface area (Å²) in [7, 11) is 0. The summed E-state index contributed by atoms with van der Waals surface area (Å²) < 4.78 is 0. The molecule has 0 saturated carbocycles. The lowest BCUT2D eigenvalue weighted by atomic mass is 9.92. The Labute approximate surface area is 119 Å². The number of nitrogens with one attached hydrogen (secondary N) is 1. The van der Waals surface area contributed by atoms with Crippen molar-refractivity contribution in [3.05, 3.63) is 77.9 Å². The summed E-state index contributed by atoms with van der Waals surface area (Å²) in [4.78, 5) is 0. The first-order chi connectivity index (χ1) is 9.90. The van der Waals surface area contributed by atoms with Crippen molar-refractivity contribution >= 4 is 16.5 Å². The van der Waals surface area contributed by atoms with Crippen molar-refractivity contribution in [3.8, 4) is 0 Å². The second kappa shape index (κ2) is 4.68. The quantitative estimate of drug-likeness (QED) is 0.652. The van der Waals surface area contributed by atoms with Gasteiger partial charge in [0.1, 0.15) is 0 Å². The van der Waals surface area contributed by atoms with Crippen LogP contribution in [0.5, 0.6) is 0 Å². The van der Waals surface area contributed by atoms with Gasteiger partial charge >= 0.3 is 0 Å². The Kier molecular flexibility index (Phi) is 2.70. The van der Waals surface area contributed by atoms with Gasteiger partial charge in [0.2, 0.25) is 0 Å². The minimum Gasteiger partial charge on any atom is -0.378 e. The highest BCUT2D eigenvalue weighted by Gasteiger charge is 2.18. The lowest BCUT2D eigenvalue weighted by Crippen LogP contribution is -2.17. The molecule has 0 aromatic heterocycles. The molecule has 1 aliphatic rings.